The van der Waals surface area contributed by atoms with E-state index >= 15 is 0 Å². The minimum absolute atomic E-state index is 0.219. The molecule has 0 amide bonds. The van der Waals surface area contributed by atoms with E-state index in [0.29, 0.717) is 28.4 Å². The fraction of sp³-hybridized carbons (Fsp3) is 0.312. The van der Waals surface area contributed by atoms with Gasteiger partial charge in [-0.1, -0.05) is 11.6 Å². The van der Waals surface area contributed by atoms with Crippen molar-refractivity contribution in [2.24, 2.45) is 0 Å². The molecule has 0 bridgehead atoms. The number of hydrogen-bond donors (Lipinski definition) is 2. The van der Waals surface area contributed by atoms with Gasteiger partial charge in [0.25, 0.3) is 0 Å². The van der Waals surface area contributed by atoms with Gasteiger partial charge >= 0.3 is 0 Å². The second-order valence-electron chi connectivity index (χ2n) is 5.78. The van der Waals surface area contributed by atoms with Crippen molar-refractivity contribution in [2.45, 2.75) is 18.9 Å². The molecule has 1 aliphatic heterocycles. The SMILES string of the molecule is Fc1cnc(NC2CCNCC2)nc1-c1cnc2cc(Cl)ccn12. The molecule has 1 saturated heterocycles. The molecule has 124 valence electrons. The van der Waals surface area contributed by atoms with E-state index in [1.165, 1.54) is 6.20 Å². The Bertz CT molecular complexity index is 874. The maximum Gasteiger partial charge on any atom is 0.223 e. The topological polar surface area (TPSA) is 67.1 Å². The van der Waals surface area contributed by atoms with Gasteiger partial charge < -0.3 is 10.6 Å². The maximum atomic E-state index is 14.3. The molecule has 0 aromatic carbocycles. The van der Waals surface area contributed by atoms with Crippen LogP contribution in [0.3, 0.4) is 0 Å². The van der Waals surface area contributed by atoms with Gasteiger partial charge in [-0.05, 0) is 32.0 Å². The van der Waals surface area contributed by atoms with Gasteiger partial charge in [-0.2, -0.15) is 0 Å². The van der Waals surface area contributed by atoms with Crippen LogP contribution in [-0.2, 0) is 0 Å². The average molecular weight is 347 g/mol. The van der Waals surface area contributed by atoms with E-state index in [-0.39, 0.29) is 5.69 Å². The van der Waals surface area contributed by atoms with Crippen molar-refractivity contribution in [3.63, 3.8) is 0 Å². The van der Waals surface area contributed by atoms with Gasteiger partial charge in [0.05, 0.1) is 18.1 Å². The zero-order valence-corrected chi connectivity index (χ0v) is 13.6. The van der Waals surface area contributed by atoms with Gasteiger partial charge in [-0.15, -0.1) is 0 Å². The molecule has 0 unspecified atom stereocenters. The molecule has 2 N–H and O–H groups in total. The molecule has 0 atom stereocenters. The van der Waals surface area contributed by atoms with Gasteiger partial charge in [0.1, 0.15) is 11.3 Å². The first kappa shape index (κ1) is 15.3. The van der Waals surface area contributed by atoms with Gasteiger partial charge in [0.15, 0.2) is 5.82 Å². The van der Waals surface area contributed by atoms with Crippen LogP contribution in [0.1, 0.15) is 12.8 Å². The fourth-order valence-corrected chi connectivity index (χ4v) is 3.05. The Morgan fingerprint density at radius 3 is 2.92 bits per heavy atom. The molecule has 1 aliphatic rings. The summed E-state index contributed by atoms with van der Waals surface area (Å²) >= 11 is 5.97. The standard InChI is InChI=1S/C16H16ClFN6/c17-10-3-6-24-13(9-20-14(24)7-10)15-12(18)8-21-16(23-15)22-11-1-4-19-5-2-11/h3,6-9,11,19H,1-2,4-5H2,(H,21,22,23). The van der Waals surface area contributed by atoms with E-state index in [1.807, 2.05) is 0 Å². The number of pyridine rings is 1. The Balaban J connectivity index is 1.69. The molecule has 8 heteroatoms. The molecule has 3 aromatic rings. The highest BCUT2D eigenvalue weighted by molar-refractivity contribution is 6.30. The summed E-state index contributed by atoms with van der Waals surface area (Å²) in [6.07, 6.45) is 6.52. The normalized spacial score (nSPS) is 15.8. The van der Waals surface area contributed by atoms with Crippen LogP contribution in [0.5, 0.6) is 0 Å². The molecule has 4 rings (SSSR count). The summed E-state index contributed by atoms with van der Waals surface area (Å²) in [5.41, 5.74) is 1.43. The van der Waals surface area contributed by atoms with Gasteiger partial charge in [0, 0.05) is 23.3 Å². The lowest BCUT2D eigenvalue weighted by atomic mass is 10.1. The van der Waals surface area contributed by atoms with E-state index in [4.69, 9.17) is 11.6 Å². The predicted octanol–water partition coefficient (Wildman–Crippen LogP) is 2.75. The van der Waals surface area contributed by atoms with Crippen LogP contribution < -0.4 is 10.6 Å². The maximum absolute atomic E-state index is 14.3. The number of nitrogens with one attached hydrogen (secondary N) is 2. The Kier molecular flexibility index (Phi) is 4.03. The third-order valence-electron chi connectivity index (χ3n) is 4.13. The lowest BCUT2D eigenvalue weighted by Gasteiger charge is -2.23. The number of aromatic nitrogens is 4. The van der Waals surface area contributed by atoms with Crippen LogP contribution in [0.2, 0.25) is 5.02 Å². The Morgan fingerprint density at radius 2 is 2.08 bits per heavy atom. The number of anilines is 1. The number of piperidine rings is 1. The third-order valence-corrected chi connectivity index (χ3v) is 4.37. The number of halogens is 2. The van der Waals surface area contributed by atoms with Crippen LogP contribution in [0.15, 0.2) is 30.7 Å². The van der Waals surface area contributed by atoms with Gasteiger partial charge in [-0.3, -0.25) is 4.40 Å². The number of fused-ring (bicyclic) bond motifs is 1. The third kappa shape index (κ3) is 2.92. The van der Waals surface area contributed by atoms with E-state index in [9.17, 15) is 4.39 Å². The molecule has 3 aromatic heterocycles. The van der Waals surface area contributed by atoms with Gasteiger partial charge in [-0.25, -0.2) is 19.3 Å². The number of rotatable bonds is 3. The van der Waals surface area contributed by atoms with Crippen molar-refractivity contribution in [2.75, 3.05) is 18.4 Å². The summed E-state index contributed by atoms with van der Waals surface area (Å²) in [4.78, 5) is 12.7. The van der Waals surface area contributed by atoms with E-state index in [2.05, 4.69) is 25.6 Å². The molecular weight excluding hydrogens is 331 g/mol. The first-order valence-corrected chi connectivity index (χ1v) is 8.21. The van der Waals surface area contributed by atoms with Crippen molar-refractivity contribution in [1.82, 2.24) is 24.7 Å². The minimum atomic E-state index is -0.484. The number of hydrogen-bond acceptors (Lipinski definition) is 5. The van der Waals surface area contributed by atoms with Crippen LogP contribution in [0.4, 0.5) is 10.3 Å². The molecule has 4 heterocycles. The molecule has 0 aliphatic carbocycles. The molecule has 1 fully saturated rings. The molecule has 0 spiro atoms. The van der Waals surface area contributed by atoms with Crippen LogP contribution >= 0.6 is 11.6 Å². The fourth-order valence-electron chi connectivity index (χ4n) is 2.90. The average Bonchev–Trinajstić information content (AvgIpc) is 3.00. The zero-order valence-electron chi connectivity index (χ0n) is 12.8. The van der Waals surface area contributed by atoms with E-state index in [0.717, 1.165) is 25.9 Å². The lowest BCUT2D eigenvalue weighted by molar-refractivity contribution is 0.477. The van der Waals surface area contributed by atoms with E-state index < -0.39 is 5.82 Å². The van der Waals surface area contributed by atoms with Crippen LogP contribution in [0.25, 0.3) is 17.0 Å². The predicted molar refractivity (Wildman–Crippen MR) is 90.7 cm³/mol. The van der Waals surface area contributed by atoms with Crippen molar-refractivity contribution >= 4 is 23.2 Å². The molecular formula is C16H16ClFN6. The summed E-state index contributed by atoms with van der Waals surface area (Å²) in [6.45, 7) is 1.92. The highest BCUT2D eigenvalue weighted by Crippen LogP contribution is 2.24. The highest BCUT2D eigenvalue weighted by atomic mass is 35.5. The monoisotopic (exact) mass is 346 g/mol. The van der Waals surface area contributed by atoms with Crippen molar-refractivity contribution in [1.29, 1.82) is 0 Å². The smallest absolute Gasteiger partial charge is 0.223 e. The highest BCUT2D eigenvalue weighted by Gasteiger charge is 2.17. The lowest BCUT2D eigenvalue weighted by Crippen LogP contribution is -2.35. The second-order valence-corrected chi connectivity index (χ2v) is 6.21. The summed E-state index contributed by atoms with van der Waals surface area (Å²) in [6, 6.07) is 3.75. The Hall–Kier alpha value is -2.25. The molecule has 0 saturated carbocycles. The first-order chi connectivity index (χ1) is 11.7. The quantitative estimate of drug-likeness (QED) is 0.763. The summed E-state index contributed by atoms with van der Waals surface area (Å²) in [7, 11) is 0. The molecule has 24 heavy (non-hydrogen) atoms. The second kappa shape index (κ2) is 6.33. The first-order valence-electron chi connectivity index (χ1n) is 7.83. The van der Waals surface area contributed by atoms with E-state index in [1.54, 1.807) is 28.9 Å². The van der Waals surface area contributed by atoms with Crippen molar-refractivity contribution in [3.8, 4) is 11.4 Å². The minimum Gasteiger partial charge on any atom is -0.351 e. The summed E-state index contributed by atoms with van der Waals surface area (Å²) < 4.78 is 16.0. The Labute approximate surface area is 143 Å². The van der Waals surface area contributed by atoms with Crippen LogP contribution in [-0.4, -0.2) is 38.5 Å². The number of nitrogens with zero attached hydrogens (tertiary/aromatic N) is 4. The van der Waals surface area contributed by atoms with Crippen LogP contribution in [0, 0.1) is 5.82 Å². The molecule has 6 nitrogen and oxygen atoms in total. The number of imidazole rings is 1. The zero-order chi connectivity index (χ0) is 16.5. The largest absolute Gasteiger partial charge is 0.351 e. The molecule has 0 radical (unpaired) electrons. The van der Waals surface area contributed by atoms with Gasteiger partial charge in [0.2, 0.25) is 5.95 Å². The van der Waals surface area contributed by atoms with Crippen molar-refractivity contribution < 1.29 is 4.39 Å². The van der Waals surface area contributed by atoms with Crippen molar-refractivity contribution in [3.05, 3.63) is 41.6 Å². The summed E-state index contributed by atoms with van der Waals surface area (Å²) in [5.74, 6) is -0.0511. The Morgan fingerprint density at radius 1 is 1.25 bits per heavy atom. The summed E-state index contributed by atoms with van der Waals surface area (Å²) in [5, 5.41) is 7.17.